The lowest BCUT2D eigenvalue weighted by Gasteiger charge is -2.36. The molecule has 0 aromatic heterocycles. The number of nitrogens with one attached hydrogen (secondary N) is 1. The molecular formula is C27H31N3O2. The minimum Gasteiger partial charge on any atom is -0.481 e. The van der Waals surface area contributed by atoms with Gasteiger partial charge in [-0.1, -0.05) is 60.7 Å². The van der Waals surface area contributed by atoms with Crippen molar-refractivity contribution >= 4 is 11.6 Å². The molecule has 5 heteroatoms. The summed E-state index contributed by atoms with van der Waals surface area (Å²) in [6, 6.07) is 28.4. The van der Waals surface area contributed by atoms with Crippen LogP contribution in [0.2, 0.25) is 0 Å². The van der Waals surface area contributed by atoms with E-state index in [0.717, 1.165) is 38.3 Å². The smallest absolute Gasteiger partial charge is 0.261 e. The minimum atomic E-state index is -0.546. The minimum absolute atomic E-state index is 0.111. The van der Waals surface area contributed by atoms with Crippen LogP contribution in [0.3, 0.4) is 0 Å². The Morgan fingerprint density at radius 1 is 0.844 bits per heavy atom. The van der Waals surface area contributed by atoms with Crippen LogP contribution in [0.15, 0.2) is 84.9 Å². The number of rotatable bonds is 8. The normalized spacial score (nSPS) is 15.2. The lowest BCUT2D eigenvalue weighted by atomic mass is 10.1. The van der Waals surface area contributed by atoms with Crippen molar-refractivity contribution < 1.29 is 9.53 Å². The molecule has 1 saturated heterocycles. The maximum Gasteiger partial charge on any atom is 0.261 e. The number of nitrogens with zero attached hydrogens (tertiary/aromatic N) is 2. The van der Waals surface area contributed by atoms with Crippen LogP contribution < -0.4 is 15.0 Å². The van der Waals surface area contributed by atoms with E-state index in [2.05, 4.69) is 63.6 Å². The van der Waals surface area contributed by atoms with Crippen LogP contribution in [0.4, 0.5) is 5.69 Å². The average molecular weight is 430 g/mol. The van der Waals surface area contributed by atoms with Gasteiger partial charge in [-0.05, 0) is 42.3 Å². The lowest BCUT2D eigenvalue weighted by molar-refractivity contribution is -0.127. The van der Waals surface area contributed by atoms with Crippen molar-refractivity contribution in [3.63, 3.8) is 0 Å². The molecule has 1 amide bonds. The van der Waals surface area contributed by atoms with Crippen LogP contribution in [0.5, 0.6) is 5.75 Å². The standard InChI is InChI=1S/C27H31N3O2/c1-22(32-26-14-6-3-7-15-26)27(31)28-20-23-10-8-9-11-24(23)21-29-16-18-30(19-17-29)25-12-4-2-5-13-25/h2-15,22H,16-21H2,1H3,(H,28,31)/t22-/m0/s1. The Bertz CT molecular complexity index is 986. The van der Waals surface area contributed by atoms with Crippen molar-refractivity contribution in [1.82, 2.24) is 10.2 Å². The highest BCUT2D eigenvalue weighted by atomic mass is 16.5. The summed E-state index contributed by atoms with van der Waals surface area (Å²) in [5, 5.41) is 3.03. The first kappa shape index (κ1) is 21.9. The van der Waals surface area contributed by atoms with Crippen molar-refractivity contribution in [3.05, 3.63) is 96.1 Å². The summed E-state index contributed by atoms with van der Waals surface area (Å²) in [5.74, 6) is 0.588. The number of anilines is 1. The molecule has 1 fully saturated rings. The summed E-state index contributed by atoms with van der Waals surface area (Å²) >= 11 is 0. The monoisotopic (exact) mass is 429 g/mol. The van der Waals surface area contributed by atoms with E-state index in [9.17, 15) is 4.79 Å². The van der Waals surface area contributed by atoms with E-state index in [0.29, 0.717) is 12.3 Å². The average Bonchev–Trinajstić information content (AvgIpc) is 2.85. The number of hydrogen-bond donors (Lipinski definition) is 1. The maximum atomic E-state index is 12.5. The van der Waals surface area contributed by atoms with Gasteiger partial charge in [0.25, 0.3) is 5.91 Å². The van der Waals surface area contributed by atoms with Gasteiger partial charge in [0.1, 0.15) is 5.75 Å². The van der Waals surface area contributed by atoms with E-state index in [-0.39, 0.29) is 5.91 Å². The Kier molecular flexibility index (Phi) is 7.41. The van der Waals surface area contributed by atoms with Gasteiger partial charge in [-0.3, -0.25) is 9.69 Å². The van der Waals surface area contributed by atoms with Crippen molar-refractivity contribution in [2.24, 2.45) is 0 Å². The summed E-state index contributed by atoms with van der Waals surface area (Å²) < 4.78 is 5.74. The molecule has 0 saturated carbocycles. The molecule has 0 bridgehead atoms. The Morgan fingerprint density at radius 3 is 2.12 bits per heavy atom. The molecule has 0 unspecified atom stereocenters. The third-order valence-electron chi connectivity index (χ3n) is 5.88. The molecule has 0 radical (unpaired) electrons. The van der Waals surface area contributed by atoms with Gasteiger partial charge in [0.05, 0.1) is 0 Å². The predicted octanol–water partition coefficient (Wildman–Crippen LogP) is 4.09. The van der Waals surface area contributed by atoms with E-state index in [1.807, 2.05) is 36.4 Å². The van der Waals surface area contributed by atoms with Gasteiger partial charge in [-0.15, -0.1) is 0 Å². The van der Waals surface area contributed by atoms with Crippen molar-refractivity contribution in [1.29, 1.82) is 0 Å². The molecule has 3 aromatic rings. The first-order chi connectivity index (χ1) is 15.7. The number of carbonyl (C=O) groups excluding carboxylic acids is 1. The Morgan fingerprint density at radius 2 is 1.44 bits per heavy atom. The fourth-order valence-corrected chi connectivity index (χ4v) is 4.01. The second-order valence-corrected chi connectivity index (χ2v) is 8.16. The number of amides is 1. The van der Waals surface area contributed by atoms with Gasteiger partial charge < -0.3 is 15.0 Å². The number of para-hydroxylation sites is 2. The number of piperazine rings is 1. The maximum absolute atomic E-state index is 12.5. The van der Waals surface area contributed by atoms with E-state index in [1.54, 1.807) is 6.92 Å². The predicted molar refractivity (Wildman–Crippen MR) is 129 cm³/mol. The largest absolute Gasteiger partial charge is 0.481 e. The topological polar surface area (TPSA) is 44.8 Å². The summed E-state index contributed by atoms with van der Waals surface area (Å²) in [6.07, 6.45) is -0.546. The first-order valence-corrected chi connectivity index (χ1v) is 11.3. The van der Waals surface area contributed by atoms with Gasteiger partial charge in [0.2, 0.25) is 0 Å². The quantitative estimate of drug-likeness (QED) is 0.586. The third-order valence-corrected chi connectivity index (χ3v) is 5.88. The number of benzene rings is 3. The number of hydrogen-bond acceptors (Lipinski definition) is 4. The Hall–Kier alpha value is -3.31. The molecule has 1 atom stereocenters. The summed E-state index contributed by atoms with van der Waals surface area (Å²) in [7, 11) is 0. The van der Waals surface area contributed by atoms with E-state index in [1.165, 1.54) is 11.3 Å². The van der Waals surface area contributed by atoms with E-state index in [4.69, 9.17) is 4.74 Å². The van der Waals surface area contributed by atoms with Crippen LogP contribution >= 0.6 is 0 Å². The van der Waals surface area contributed by atoms with Gasteiger partial charge >= 0.3 is 0 Å². The number of carbonyl (C=O) groups is 1. The van der Waals surface area contributed by atoms with Crippen LogP contribution in [-0.2, 0) is 17.9 Å². The number of ether oxygens (including phenoxy) is 1. The van der Waals surface area contributed by atoms with Crippen LogP contribution in [0.1, 0.15) is 18.1 Å². The summed E-state index contributed by atoms with van der Waals surface area (Å²) in [4.78, 5) is 17.5. The molecule has 32 heavy (non-hydrogen) atoms. The zero-order valence-corrected chi connectivity index (χ0v) is 18.6. The molecule has 1 N–H and O–H groups in total. The molecule has 4 rings (SSSR count). The molecule has 1 aliphatic rings. The summed E-state index contributed by atoms with van der Waals surface area (Å²) in [5.41, 5.74) is 3.71. The highest BCUT2D eigenvalue weighted by Gasteiger charge is 2.19. The Balaban J connectivity index is 1.29. The molecule has 0 spiro atoms. The molecule has 5 nitrogen and oxygen atoms in total. The zero-order valence-electron chi connectivity index (χ0n) is 18.6. The van der Waals surface area contributed by atoms with E-state index >= 15 is 0 Å². The van der Waals surface area contributed by atoms with Gasteiger partial charge in [-0.25, -0.2) is 0 Å². The highest BCUT2D eigenvalue weighted by molar-refractivity contribution is 5.80. The lowest BCUT2D eigenvalue weighted by Crippen LogP contribution is -2.46. The highest BCUT2D eigenvalue weighted by Crippen LogP contribution is 2.18. The zero-order chi connectivity index (χ0) is 22.2. The molecule has 3 aromatic carbocycles. The second kappa shape index (κ2) is 10.8. The summed E-state index contributed by atoms with van der Waals surface area (Å²) in [6.45, 7) is 7.27. The van der Waals surface area contributed by atoms with E-state index < -0.39 is 6.10 Å². The molecule has 1 heterocycles. The van der Waals surface area contributed by atoms with Crippen LogP contribution in [0.25, 0.3) is 0 Å². The third kappa shape index (κ3) is 5.89. The first-order valence-electron chi connectivity index (χ1n) is 11.3. The van der Waals surface area contributed by atoms with Gasteiger partial charge in [-0.2, -0.15) is 0 Å². The SMILES string of the molecule is C[C@H](Oc1ccccc1)C(=O)NCc1ccccc1CN1CCN(c2ccccc2)CC1. The molecule has 166 valence electrons. The van der Waals surface area contributed by atoms with Gasteiger partial charge in [0.15, 0.2) is 6.10 Å². The molecular weight excluding hydrogens is 398 g/mol. The Labute approximate surface area is 190 Å². The fraction of sp³-hybridized carbons (Fsp3) is 0.296. The van der Waals surface area contributed by atoms with Crippen LogP contribution in [0, 0.1) is 0 Å². The van der Waals surface area contributed by atoms with Crippen molar-refractivity contribution in [3.8, 4) is 5.75 Å². The molecule has 0 aliphatic carbocycles. The van der Waals surface area contributed by atoms with Crippen molar-refractivity contribution in [2.45, 2.75) is 26.1 Å². The second-order valence-electron chi connectivity index (χ2n) is 8.16. The molecule has 1 aliphatic heterocycles. The van der Waals surface area contributed by atoms with Crippen LogP contribution in [-0.4, -0.2) is 43.1 Å². The van der Waals surface area contributed by atoms with Crippen molar-refractivity contribution in [2.75, 3.05) is 31.1 Å². The fourth-order valence-electron chi connectivity index (χ4n) is 4.01. The van der Waals surface area contributed by atoms with Gasteiger partial charge in [0, 0.05) is 45.0 Å².